The van der Waals surface area contributed by atoms with Crippen molar-refractivity contribution < 1.29 is 14.0 Å². The van der Waals surface area contributed by atoms with Crippen molar-refractivity contribution in [3.63, 3.8) is 0 Å². The molecule has 0 unspecified atom stereocenters. The summed E-state index contributed by atoms with van der Waals surface area (Å²) in [6.07, 6.45) is 0.902. The molecule has 184 valence electrons. The molecular formula is C29H28FN3O2S. The topological polar surface area (TPSA) is 45.6 Å². The molecule has 4 aromatic rings. The molecule has 0 bridgehead atoms. The molecule has 7 heteroatoms. The standard InChI is InChI=1S/C29H28FN3O2S/c1-19-17-31(11-12-32(19)27(34)25-16-24(25)21-7-3-2-4-8-21)28(35)26-15-22-10-13-36-29(22)33(26)18-20-6-5-9-23(30)14-20/h2-10,13-15,19,24-25H,11-12,16-18H2,1H3/t19-,24+,25-/m1/s1. The van der Waals surface area contributed by atoms with Crippen LogP contribution < -0.4 is 0 Å². The Bertz CT molecular complexity index is 1430. The van der Waals surface area contributed by atoms with E-state index in [0.29, 0.717) is 37.8 Å². The van der Waals surface area contributed by atoms with Gasteiger partial charge in [-0.15, -0.1) is 11.3 Å². The Hall–Kier alpha value is -3.45. The van der Waals surface area contributed by atoms with Crippen LogP contribution >= 0.6 is 11.3 Å². The van der Waals surface area contributed by atoms with E-state index in [0.717, 1.165) is 22.2 Å². The van der Waals surface area contributed by atoms with Gasteiger partial charge in [0.15, 0.2) is 0 Å². The monoisotopic (exact) mass is 501 g/mol. The molecule has 36 heavy (non-hydrogen) atoms. The zero-order valence-corrected chi connectivity index (χ0v) is 21.0. The van der Waals surface area contributed by atoms with Crippen LogP contribution in [0.5, 0.6) is 0 Å². The third-order valence-corrected chi connectivity index (χ3v) is 8.44. The van der Waals surface area contributed by atoms with Crippen LogP contribution in [0.25, 0.3) is 10.2 Å². The zero-order chi connectivity index (χ0) is 24.8. The van der Waals surface area contributed by atoms with Gasteiger partial charge in [0.2, 0.25) is 5.91 Å². The zero-order valence-electron chi connectivity index (χ0n) is 20.1. The summed E-state index contributed by atoms with van der Waals surface area (Å²) in [5, 5.41) is 3.02. The van der Waals surface area contributed by atoms with Gasteiger partial charge in [0, 0.05) is 43.5 Å². The van der Waals surface area contributed by atoms with Gasteiger partial charge in [0.05, 0.1) is 0 Å². The Balaban J connectivity index is 1.17. The highest BCUT2D eigenvalue weighted by Crippen LogP contribution is 2.48. The molecule has 0 radical (unpaired) electrons. The molecule has 2 amide bonds. The summed E-state index contributed by atoms with van der Waals surface area (Å²) in [5.41, 5.74) is 2.66. The molecule has 2 fully saturated rings. The van der Waals surface area contributed by atoms with Crippen LogP contribution in [0, 0.1) is 11.7 Å². The van der Waals surface area contributed by atoms with Crippen molar-refractivity contribution in [3.8, 4) is 0 Å². The Kier molecular flexibility index (Phi) is 5.88. The second-order valence-corrected chi connectivity index (χ2v) is 10.8. The number of halogens is 1. The maximum atomic E-state index is 13.8. The first-order valence-corrected chi connectivity index (χ1v) is 13.3. The normalized spacial score (nSPS) is 21.7. The summed E-state index contributed by atoms with van der Waals surface area (Å²) in [6.45, 7) is 4.02. The van der Waals surface area contributed by atoms with Crippen molar-refractivity contribution in [2.45, 2.75) is 31.8 Å². The van der Waals surface area contributed by atoms with Gasteiger partial charge in [-0.05, 0) is 60.0 Å². The number of nitrogens with zero attached hydrogens (tertiary/aromatic N) is 3. The predicted octanol–water partition coefficient (Wildman–Crippen LogP) is 5.37. The van der Waals surface area contributed by atoms with Crippen LogP contribution in [0.1, 0.15) is 40.9 Å². The summed E-state index contributed by atoms with van der Waals surface area (Å²) < 4.78 is 15.8. The van der Waals surface area contributed by atoms with Crippen molar-refractivity contribution >= 4 is 33.4 Å². The number of carbonyl (C=O) groups excluding carboxylic acids is 2. The van der Waals surface area contributed by atoms with Crippen molar-refractivity contribution in [2.75, 3.05) is 19.6 Å². The number of aromatic nitrogens is 1. The second kappa shape index (κ2) is 9.21. The fourth-order valence-corrected chi connectivity index (χ4v) is 6.40. The first kappa shape index (κ1) is 23.0. The van der Waals surface area contributed by atoms with E-state index in [2.05, 4.69) is 12.1 Å². The van der Waals surface area contributed by atoms with Crippen molar-refractivity contribution in [1.29, 1.82) is 0 Å². The third-order valence-electron chi connectivity index (χ3n) is 7.48. The molecule has 1 aliphatic heterocycles. The SMILES string of the molecule is C[C@@H]1CN(C(=O)c2cc3ccsc3n2Cc2cccc(F)c2)CCN1C(=O)[C@@H]1C[C@H]1c1ccccc1. The molecule has 2 aliphatic rings. The minimum absolute atomic E-state index is 0.0395. The number of hydrogen-bond acceptors (Lipinski definition) is 3. The summed E-state index contributed by atoms with van der Waals surface area (Å²) in [6, 6.07) is 20.7. The van der Waals surface area contributed by atoms with E-state index >= 15 is 0 Å². The molecule has 2 aromatic heterocycles. The molecule has 1 saturated carbocycles. The van der Waals surface area contributed by atoms with Crippen LogP contribution in [-0.2, 0) is 11.3 Å². The number of rotatable bonds is 5. The highest BCUT2D eigenvalue weighted by Gasteiger charge is 2.47. The summed E-state index contributed by atoms with van der Waals surface area (Å²) in [4.78, 5) is 31.8. The number of thiophene rings is 1. The Morgan fingerprint density at radius 1 is 1.03 bits per heavy atom. The van der Waals surface area contributed by atoms with Crippen LogP contribution in [0.15, 0.2) is 72.1 Å². The molecule has 0 N–H and O–H groups in total. The number of fused-ring (bicyclic) bond motifs is 1. The van der Waals surface area contributed by atoms with Crippen LogP contribution in [0.2, 0.25) is 0 Å². The molecule has 6 rings (SSSR count). The third kappa shape index (κ3) is 4.22. The average Bonchev–Trinajstić information content (AvgIpc) is 3.44. The summed E-state index contributed by atoms with van der Waals surface area (Å²) in [7, 11) is 0. The molecule has 3 atom stereocenters. The van der Waals surface area contributed by atoms with Gasteiger partial charge in [-0.3, -0.25) is 9.59 Å². The van der Waals surface area contributed by atoms with E-state index in [-0.39, 0.29) is 29.6 Å². The lowest BCUT2D eigenvalue weighted by molar-refractivity contribution is -0.136. The minimum Gasteiger partial charge on any atom is -0.336 e. The van der Waals surface area contributed by atoms with E-state index in [9.17, 15) is 14.0 Å². The summed E-state index contributed by atoms with van der Waals surface area (Å²) >= 11 is 1.58. The lowest BCUT2D eigenvalue weighted by Gasteiger charge is -2.40. The Morgan fingerprint density at radius 2 is 1.86 bits per heavy atom. The van der Waals surface area contributed by atoms with Crippen LogP contribution in [0.3, 0.4) is 0 Å². The number of piperazine rings is 1. The largest absolute Gasteiger partial charge is 0.336 e. The number of benzene rings is 2. The van der Waals surface area contributed by atoms with Crippen molar-refractivity contribution in [1.82, 2.24) is 14.4 Å². The van der Waals surface area contributed by atoms with E-state index in [1.165, 1.54) is 17.7 Å². The van der Waals surface area contributed by atoms with Crippen LogP contribution in [0.4, 0.5) is 4.39 Å². The van der Waals surface area contributed by atoms with Gasteiger partial charge in [-0.2, -0.15) is 0 Å². The van der Waals surface area contributed by atoms with Gasteiger partial charge < -0.3 is 14.4 Å². The van der Waals surface area contributed by atoms with E-state index < -0.39 is 0 Å². The summed E-state index contributed by atoms with van der Waals surface area (Å²) in [5.74, 6) is 0.243. The van der Waals surface area contributed by atoms with Gasteiger partial charge >= 0.3 is 0 Å². The average molecular weight is 502 g/mol. The van der Waals surface area contributed by atoms with Crippen LogP contribution in [-0.4, -0.2) is 51.9 Å². The van der Waals surface area contributed by atoms with E-state index in [1.54, 1.807) is 17.4 Å². The number of carbonyl (C=O) groups is 2. The van der Waals surface area contributed by atoms with Crippen molar-refractivity contribution in [3.05, 3.63) is 94.7 Å². The minimum atomic E-state index is -0.283. The van der Waals surface area contributed by atoms with Gasteiger partial charge in [0.25, 0.3) is 5.91 Å². The predicted molar refractivity (Wildman–Crippen MR) is 140 cm³/mol. The fourth-order valence-electron chi connectivity index (χ4n) is 5.51. The quantitative estimate of drug-likeness (QED) is 0.369. The molecule has 1 aliphatic carbocycles. The molecular weight excluding hydrogens is 473 g/mol. The highest BCUT2D eigenvalue weighted by molar-refractivity contribution is 7.16. The van der Waals surface area contributed by atoms with E-state index in [4.69, 9.17) is 0 Å². The van der Waals surface area contributed by atoms with Gasteiger partial charge in [-0.25, -0.2) is 4.39 Å². The first-order chi connectivity index (χ1) is 17.5. The molecule has 1 saturated heterocycles. The maximum Gasteiger partial charge on any atom is 0.270 e. The molecule has 3 heterocycles. The highest BCUT2D eigenvalue weighted by atomic mass is 32.1. The lowest BCUT2D eigenvalue weighted by atomic mass is 10.1. The second-order valence-electron chi connectivity index (χ2n) is 9.92. The molecule has 5 nitrogen and oxygen atoms in total. The number of hydrogen-bond donors (Lipinski definition) is 0. The van der Waals surface area contributed by atoms with Gasteiger partial charge in [0.1, 0.15) is 16.3 Å². The molecule has 2 aromatic carbocycles. The smallest absolute Gasteiger partial charge is 0.270 e. The van der Waals surface area contributed by atoms with E-state index in [1.807, 2.05) is 63.1 Å². The van der Waals surface area contributed by atoms with Crippen molar-refractivity contribution in [2.24, 2.45) is 5.92 Å². The Morgan fingerprint density at radius 3 is 2.64 bits per heavy atom. The fraction of sp³-hybridized carbons (Fsp3) is 0.310. The van der Waals surface area contributed by atoms with Gasteiger partial charge in [-0.1, -0.05) is 42.5 Å². The first-order valence-electron chi connectivity index (χ1n) is 12.5. The Labute approximate surface area is 213 Å². The maximum absolute atomic E-state index is 13.8. The molecule has 0 spiro atoms. The lowest BCUT2D eigenvalue weighted by Crippen LogP contribution is -2.56. The number of amides is 2.